The molecule has 0 aliphatic carbocycles. The molecule has 2 aromatic carbocycles. The van der Waals surface area contributed by atoms with Gasteiger partial charge in [-0.1, -0.05) is 41.4 Å². The molecule has 4 rings (SSSR count). The maximum atomic E-state index is 6.42. The molecule has 0 fully saturated rings. The number of nitrogens with one attached hydrogen (secondary N) is 1. The predicted octanol–water partition coefficient (Wildman–Crippen LogP) is 3.61. The van der Waals surface area contributed by atoms with Crippen LogP contribution in [0.25, 0.3) is 0 Å². The van der Waals surface area contributed by atoms with Gasteiger partial charge in [0.25, 0.3) is 0 Å². The molecular formula is C18H16Cl2N4. The highest BCUT2D eigenvalue weighted by molar-refractivity contribution is 6.36. The van der Waals surface area contributed by atoms with Crippen LogP contribution in [-0.4, -0.2) is 37.9 Å². The molecule has 4 nitrogen and oxygen atoms in total. The van der Waals surface area contributed by atoms with Crippen molar-refractivity contribution in [3.05, 3.63) is 63.6 Å². The van der Waals surface area contributed by atoms with Crippen molar-refractivity contribution in [1.82, 2.24) is 5.32 Å². The predicted molar refractivity (Wildman–Crippen MR) is 101 cm³/mol. The van der Waals surface area contributed by atoms with E-state index < -0.39 is 0 Å². The Balaban J connectivity index is 1.87. The monoisotopic (exact) mass is 358 g/mol. The van der Waals surface area contributed by atoms with Crippen molar-refractivity contribution in [3.8, 4) is 0 Å². The van der Waals surface area contributed by atoms with Gasteiger partial charge in [-0.2, -0.15) is 0 Å². The summed E-state index contributed by atoms with van der Waals surface area (Å²) in [5, 5.41) is 4.71. The van der Waals surface area contributed by atoms with Gasteiger partial charge < -0.3 is 10.2 Å². The summed E-state index contributed by atoms with van der Waals surface area (Å²) in [4.78, 5) is 11.5. The number of aliphatic imine (C=N–C) groups is 2. The fourth-order valence-electron chi connectivity index (χ4n) is 3.07. The van der Waals surface area contributed by atoms with Gasteiger partial charge in [-0.25, -0.2) is 0 Å². The second kappa shape index (κ2) is 6.46. The highest BCUT2D eigenvalue weighted by atomic mass is 35.5. The third-order valence-electron chi connectivity index (χ3n) is 4.14. The summed E-state index contributed by atoms with van der Waals surface area (Å²) in [5.74, 6) is 0.897. The van der Waals surface area contributed by atoms with Crippen LogP contribution in [0, 0.1) is 0 Å². The highest BCUT2D eigenvalue weighted by Crippen LogP contribution is 2.31. The lowest BCUT2D eigenvalue weighted by Crippen LogP contribution is -2.40. The van der Waals surface area contributed by atoms with Crippen molar-refractivity contribution in [2.75, 3.05) is 31.1 Å². The zero-order chi connectivity index (χ0) is 16.5. The van der Waals surface area contributed by atoms with Crippen LogP contribution in [0.4, 0.5) is 5.69 Å². The quantitative estimate of drug-likeness (QED) is 0.845. The summed E-state index contributed by atoms with van der Waals surface area (Å²) in [6.45, 7) is 3.09. The fourth-order valence-corrected chi connectivity index (χ4v) is 3.47. The van der Waals surface area contributed by atoms with Gasteiger partial charge in [0.05, 0.1) is 24.5 Å². The number of benzodiazepines with no additional fused rings is 1. The minimum Gasteiger partial charge on any atom is -0.354 e. The molecule has 0 saturated heterocycles. The molecular weight excluding hydrogens is 343 g/mol. The van der Waals surface area contributed by atoms with Gasteiger partial charge in [-0.05, 0) is 24.3 Å². The molecule has 122 valence electrons. The number of rotatable bonds is 1. The second-order valence-electron chi connectivity index (χ2n) is 5.66. The lowest BCUT2D eigenvalue weighted by atomic mass is 10.00. The Morgan fingerprint density at radius 1 is 0.958 bits per heavy atom. The average Bonchev–Trinajstić information content (AvgIpc) is 3.05. The van der Waals surface area contributed by atoms with Crippen LogP contribution in [-0.2, 0) is 0 Å². The SMILES string of the molecule is Clc1ccc2c(c1)C(c1ccccc1Cl)=NCCN2C1=NCCN1. The number of halogens is 2. The van der Waals surface area contributed by atoms with Crippen molar-refractivity contribution >= 4 is 40.6 Å². The van der Waals surface area contributed by atoms with Gasteiger partial charge in [-0.15, -0.1) is 0 Å². The van der Waals surface area contributed by atoms with E-state index in [1.807, 2.05) is 42.5 Å². The van der Waals surface area contributed by atoms with Gasteiger partial charge in [0.15, 0.2) is 5.96 Å². The zero-order valence-electron chi connectivity index (χ0n) is 13.0. The minimum atomic E-state index is 0.660. The first-order chi connectivity index (χ1) is 11.7. The maximum Gasteiger partial charge on any atom is 0.198 e. The third-order valence-corrected chi connectivity index (χ3v) is 4.70. The van der Waals surface area contributed by atoms with E-state index in [2.05, 4.69) is 15.2 Å². The van der Waals surface area contributed by atoms with Gasteiger partial charge in [0, 0.05) is 34.3 Å². The van der Waals surface area contributed by atoms with Gasteiger partial charge in [0.2, 0.25) is 0 Å². The van der Waals surface area contributed by atoms with Crippen molar-refractivity contribution in [2.45, 2.75) is 0 Å². The molecule has 0 atom stereocenters. The molecule has 0 radical (unpaired) electrons. The van der Waals surface area contributed by atoms with E-state index >= 15 is 0 Å². The topological polar surface area (TPSA) is 40.0 Å². The molecule has 0 saturated carbocycles. The summed E-state index contributed by atoms with van der Waals surface area (Å²) in [6, 6.07) is 13.6. The largest absolute Gasteiger partial charge is 0.354 e. The first-order valence-corrected chi connectivity index (χ1v) is 8.65. The van der Waals surface area contributed by atoms with Crippen LogP contribution in [0.1, 0.15) is 11.1 Å². The zero-order valence-corrected chi connectivity index (χ0v) is 14.5. The van der Waals surface area contributed by atoms with Crippen LogP contribution < -0.4 is 10.2 Å². The van der Waals surface area contributed by atoms with Gasteiger partial charge in [-0.3, -0.25) is 9.98 Å². The van der Waals surface area contributed by atoms with Crippen LogP contribution in [0.2, 0.25) is 10.0 Å². The van der Waals surface area contributed by atoms with Crippen LogP contribution in [0.5, 0.6) is 0 Å². The summed E-state index contributed by atoms with van der Waals surface area (Å²) >= 11 is 12.7. The van der Waals surface area contributed by atoms with E-state index in [0.717, 1.165) is 48.1 Å². The van der Waals surface area contributed by atoms with E-state index in [9.17, 15) is 0 Å². The first kappa shape index (κ1) is 15.5. The van der Waals surface area contributed by atoms with Crippen LogP contribution in [0.3, 0.4) is 0 Å². The maximum absolute atomic E-state index is 6.42. The molecule has 2 aliphatic rings. The van der Waals surface area contributed by atoms with E-state index in [0.29, 0.717) is 16.6 Å². The summed E-state index contributed by atoms with van der Waals surface area (Å²) in [6.07, 6.45) is 0. The van der Waals surface area contributed by atoms with E-state index in [4.69, 9.17) is 28.2 Å². The average molecular weight is 359 g/mol. The number of benzene rings is 2. The molecule has 24 heavy (non-hydrogen) atoms. The van der Waals surface area contributed by atoms with E-state index in [1.54, 1.807) is 0 Å². The lowest BCUT2D eigenvalue weighted by Gasteiger charge is -2.24. The Hall–Kier alpha value is -2.04. The second-order valence-corrected chi connectivity index (χ2v) is 6.50. The van der Waals surface area contributed by atoms with E-state index in [1.165, 1.54) is 0 Å². The smallest absolute Gasteiger partial charge is 0.198 e. The van der Waals surface area contributed by atoms with Crippen molar-refractivity contribution < 1.29 is 0 Å². The van der Waals surface area contributed by atoms with Crippen LogP contribution >= 0.6 is 23.2 Å². The Kier molecular flexibility index (Phi) is 4.17. The fraction of sp³-hybridized carbons (Fsp3) is 0.222. The molecule has 0 aromatic heterocycles. The van der Waals surface area contributed by atoms with Crippen LogP contribution in [0.15, 0.2) is 52.4 Å². The summed E-state index contributed by atoms with van der Waals surface area (Å²) < 4.78 is 0. The van der Waals surface area contributed by atoms with Gasteiger partial charge >= 0.3 is 0 Å². The number of hydrogen-bond acceptors (Lipinski definition) is 4. The standard InChI is InChI=1S/C18H16Cl2N4/c19-12-5-6-16-14(11-12)17(13-3-1-2-4-15(13)20)21-9-10-24(16)18-22-7-8-23-18/h1-6,11H,7-10H2,(H,22,23). The molecule has 0 amide bonds. The molecule has 1 N–H and O–H groups in total. The van der Waals surface area contributed by atoms with E-state index in [-0.39, 0.29) is 0 Å². The molecule has 6 heteroatoms. The number of nitrogens with zero attached hydrogens (tertiary/aromatic N) is 3. The number of hydrogen-bond donors (Lipinski definition) is 1. The Labute approximate surface area is 150 Å². The molecule has 0 bridgehead atoms. The minimum absolute atomic E-state index is 0.660. The molecule has 2 heterocycles. The normalized spacial score (nSPS) is 16.8. The molecule has 2 aromatic rings. The molecule has 0 spiro atoms. The number of anilines is 1. The van der Waals surface area contributed by atoms with Gasteiger partial charge in [0.1, 0.15) is 0 Å². The molecule has 2 aliphatic heterocycles. The van der Waals surface area contributed by atoms with Crippen molar-refractivity contribution in [1.29, 1.82) is 0 Å². The summed E-state index contributed by atoms with van der Waals surface area (Å²) in [7, 11) is 0. The van der Waals surface area contributed by atoms with Crippen molar-refractivity contribution in [2.24, 2.45) is 9.98 Å². The van der Waals surface area contributed by atoms with Crippen molar-refractivity contribution in [3.63, 3.8) is 0 Å². The third kappa shape index (κ3) is 2.76. The number of guanidine groups is 1. The first-order valence-electron chi connectivity index (χ1n) is 7.89. The summed E-state index contributed by atoms with van der Waals surface area (Å²) in [5.41, 5.74) is 3.82. The Morgan fingerprint density at radius 3 is 2.62 bits per heavy atom. The Bertz CT molecular complexity index is 845. The highest BCUT2D eigenvalue weighted by Gasteiger charge is 2.25. The molecule has 0 unspecified atom stereocenters. The number of fused-ring (bicyclic) bond motifs is 1. The Morgan fingerprint density at radius 2 is 1.83 bits per heavy atom. The lowest BCUT2D eigenvalue weighted by molar-refractivity contribution is 0.910.